The van der Waals surface area contributed by atoms with E-state index in [2.05, 4.69) is 66.9 Å². The van der Waals surface area contributed by atoms with Gasteiger partial charge in [0.15, 0.2) is 11.5 Å². The Morgan fingerprint density at radius 2 is 1.50 bits per heavy atom. The van der Waals surface area contributed by atoms with Crippen LogP contribution in [0.2, 0.25) is 0 Å². The smallest absolute Gasteiger partial charge is 0.151 e. The summed E-state index contributed by atoms with van der Waals surface area (Å²) < 4.78 is 6.08. The molecule has 4 rings (SSSR count). The average Bonchev–Trinajstić information content (AvgIpc) is 2.65. The van der Waals surface area contributed by atoms with E-state index in [4.69, 9.17) is 4.74 Å². The largest absolute Gasteiger partial charge is 0.453 e. The zero-order chi connectivity index (χ0) is 16.5. The number of ether oxygens (including phenoxy) is 1. The van der Waals surface area contributed by atoms with E-state index in [9.17, 15) is 0 Å². The van der Waals surface area contributed by atoms with Crippen molar-refractivity contribution in [2.75, 3.05) is 4.90 Å². The number of para-hydroxylation sites is 4. The van der Waals surface area contributed by atoms with E-state index >= 15 is 0 Å². The summed E-state index contributed by atoms with van der Waals surface area (Å²) in [7, 11) is 0. The van der Waals surface area contributed by atoms with Gasteiger partial charge in [0.25, 0.3) is 0 Å². The van der Waals surface area contributed by atoms with Crippen molar-refractivity contribution >= 4 is 17.5 Å². The molecule has 1 aliphatic heterocycles. The third kappa shape index (κ3) is 2.37. The fourth-order valence-corrected chi connectivity index (χ4v) is 3.25. The monoisotopic (exact) mass is 313 g/mol. The first-order valence-corrected chi connectivity index (χ1v) is 8.15. The van der Waals surface area contributed by atoms with Crippen molar-refractivity contribution in [3.05, 3.63) is 90.5 Å². The Morgan fingerprint density at radius 1 is 0.875 bits per heavy atom. The Hall–Kier alpha value is -3.00. The normalized spacial score (nSPS) is 13.5. The minimum atomic E-state index is 0.177. The van der Waals surface area contributed by atoms with Crippen molar-refractivity contribution in [1.29, 1.82) is 0 Å². The van der Waals surface area contributed by atoms with E-state index in [-0.39, 0.29) is 6.04 Å². The molecular weight excluding hydrogens is 294 g/mol. The Kier molecular flexibility index (Phi) is 3.58. The molecule has 0 aromatic heterocycles. The highest BCUT2D eigenvalue weighted by Crippen LogP contribution is 2.49. The molecular formula is C22H19NO. The van der Waals surface area contributed by atoms with E-state index in [0.717, 1.165) is 28.4 Å². The molecule has 0 spiro atoms. The highest BCUT2D eigenvalue weighted by atomic mass is 16.5. The summed E-state index contributed by atoms with van der Waals surface area (Å²) in [5.41, 5.74) is 4.56. The molecule has 0 radical (unpaired) electrons. The maximum absolute atomic E-state index is 6.08. The lowest BCUT2D eigenvalue weighted by Gasteiger charge is -2.37. The number of hydrogen-bond donors (Lipinski definition) is 0. The number of hydrogen-bond acceptors (Lipinski definition) is 2. The summed E-state index contributed by atoms with van der Waals surface area (Å²) in [4.78, 5) is 2.34. The van der Waals surface area contributed by atoms with Crippen LogP contribution in [0.15, 0.2) is 79.4 Å². The van der Waals surface area contributed by atoms with Crippen molar-refractivity contribution < 1.29 is 4.74 Å². The quantitative estimate of drug-likeness (QED) is 0.560. The van der Waals surface area contributed by atoms with Gasteiger partial charge in [-0.15, -0.1) is 0 Å². The first-order valence-electron chi connectivity index (χ1n) is 8.15. The van der Waals surface area contributed by atoms with Gasteiger partial charge in [0.2, 0.25) is 0 Å². The molecule has 0 saturated carbocycles. The zero-order valence-electron chi connectivity index (χ0n) is 13.6. The lowest BCUT2D eigenvalue weighted by atomic mass is 10.0. The van der Waals surface area contributed by atoms with E-state index in [1.807, 2.05) is 30.3 Å². The molecule has 0 aliphatic carbocycles. The summed E-state index contributed by atoms with van der Waals surface area (Å²) in [6.45, 7) is 6.11. The lowest BCUT2D eigenvalue weighted by Crippen LogP contribution is -2.24. The van der Waals surface area contributed by atoms with E-state index in [1.54, 1.807) is 0 Å². The van der Waals surface area contributed by atoms with Gasteiger partial charge in [-0.1, -0.05) is 55.1 Å². The van der Waals surface area contributed by atoms with Crippen LogP contribution in [0.1, 0.15) is 24.1 Å². The molecule has 0 amide bonds. The van der Waals surface area contributed by atoms with Gasteiger partial charge in [-0.25, -0.2) is 0 Å². The third-order valence-electron chi connectivity index (χ3n) is 4.49. The second kappa shape index (κ2) is 5.89. The van der Waals surface area contributed by atoms with Crippen LogP contribution in [-0.4, -0.2) is 0 Å². The van der Waals surface area contributed by atoms with Crippen LogP contribution in [-0.2, 0) is 0 Å². The molecule has 0 bridgehead atoms. The topological polar surface area (TPSA) is 12.5 Å². The molecule has 118 valence electrons. The Bertz CT molecular complexity index is 854. The number of benzene rings is 3. The fraction of sp³-hybridized carbons (Fsp3) is 0.0909. The van der Waals surface area contributed by atoms with Gasteiger partial charge in [-0.05, 0) is 48.4 Å². The molecule has 0 saturated heterocycles. The summed E-state index contributed by atoms with van der Waals surface area (Å²) in [5.74, 6) is 1.78. The van der Waals surface area contributed by atoms with Gasteiger partial charge >= 0.3 is 0 Å². The van der Waals surface area contributed by atoms with Gasteiger partial charge in [-0.2, -0.15) is 0 Å². The molecule has 3 aromatic rings. The van der Waals surface area contributed by atoms with Crippen LogP contribution in [0.4, 0.5) is 11.4 Å². The van der Waals surface area contributed by atoms with Crippen LogP contribution in [0.25, 0.3) is 6.08 Å². The van der Waals surface area contributed by atoms with Crippen LogP contribution in [0.3, 0.4) is 0 Å². The first-order chi connectivity index (χ1) is 11.8. The van der Waals surface area contributed by atoms with Crippen molar-refractivity contribution in [3.63, 3.8) is 0 Å². The van der Waals surface area contributed by atoms with Crippen LogP contribution < -0.4 is 9.64 Å². The summed E-state index contributed by atoms with van der Waals surface area (Å²) >= 11 is 0. The van der Waals surface area contributed by atoms with Gasteiger partial charge in [-0.3, -0.25) is 0 Å². The lowest BCUT2D eigenvalue weighted by molar-refractivity contribution is 0.468. The highest BCUT2D eigenvalue weighted by molar-refractivity contribution is 5.78. The minimum absolute atomic E-state index is 0.177. The fourth-order valence-electron chi connectivity index (χ4n) is 3.25. The van der Waals surface area contributed by atoms with Crippen molar-refractivity contribution in [3.8, 4) is 11.5 Å². The number of fused-ring (bicyclic) bond motifs is 2. The van der Waals surface area contributed by atoms with Crippen molar-refractivity contribution in [2.45, 2.75) is 13.0 Å². The Morgan fingerprint density at radius 3 is 2.12 bits per heavy atom. The average molecular weight is 313 g/mol. The van der Waals surface area contributed by atoms with Crippen LogP contribution in [0, 0.1) is 0 Å². The summed E-state index contributed by atoms with van der Waals surface area (Å²) in [6.07, 6.45) is 1.89. The summed E-state index contributed by atoms with van der Waals surface area (Å²) in [6, 6.07) is 25.1. The highest BCUT2D eigenvalue weighted by Gasteiger charge is 2.28. The second-order valence-electron chi connectivity index (χ2n) is 5.96. The Labute approximate surface area is 142 Å². The molecule has 1 atom stereocenters. The molecule has 1 heterocycles. The third-order valence-corrected chi connectivity index (χ3v) is 4.49. The maximum atomic E-state index is 6.08. The number of rotatable bonds is 3. The van der Waals surface area contributed by atoms with Gasteiger partial charge in [0.1, 0.15) is 0 Å². The predicted molar refractivity (Wildman–Crippen MR) is 100 cm³/mol. The first kappa shape index (κ1) is 14.6. The summed E-state index contributed by atoms with van der Waals surface area (Å²) in [5, 5.41) is 0. The van der Waals surface area contributed by atoms with Crippen LogP contribution in [0.5, 0.6) is 11.5 Å². The van der Waals surface area contributed by atoms with Crippen LogP contribution >= 0.6 is 0 Å². The second-order valence-corrected chi connectivity index (χ2v) is 5.96. The zero-order valence-corrected chi connectivity index (χ0v) is 13.6. The van der Waals surface area contributed by atoms with Gasteiger partial charge < -0.3 is 9.64 Å². The molecule has 2 nitrogen and oxygen atoms in total. The maximum Gasteiger partial charge on any atom is 0.151 e. The van der Waals surface area contributed by atoms with E-state index in [1.165, 1.54) is 5.56 Å². The molecule has 3 aromatic carbocycles. The van der Waals surface area contributed by atoms with Crippen molar-refractivity contribution in [2.24, 2.45) is 0 Å². The van der Waals surface area contributed by atoms with E-state index in [0.29, 0.717) is 0 Å². The Balaban J connectivity index is 1.86. The molecule has 24 heavy (non-hydrogen) atoms. The van der Waals surface area contributed by atoms with Gasteiger partial charge in [0.05, 0.1) is 17.4 Å². The van der Waals surface area contributed by atoms with Gasteiger partial charge in [0, 0.05) is 0 Å². The standard InChI is InChI=1S/C22H19NO/c1-3-17-9-8-10-18(15-17)16(2)23-19-11-4-6-13-21(19)24-22-14-7-5-12-20(22)23/h3-16H,1H2,2H3. The molecule has 1 aliphatic rings. The predicted octanol–water partition coefficient (Wildman–Crippen LogP) is 6.33. The molecule has 2 heteroatoms. The minimum Gasteiger partial charge on any atom is -0.453 e. The van der Waals surface area contributed by atoms with Crippen molar-refractivity contribution in [1.82, 2.24) is 0 Å². The number of anilines is 2. The SMILES string of the molecule is C=Cc1cccc(C(C)N2c3ccccc3Oc3ccccc32)c1. The molecule has 1 unspecified atom stereocenters. The molecule has 0 N–H and O–H groups in total. The van der Waals surface area contributed by atoms with E-state index < -0.39 is 0 Å². The molecule has 0 fully saturated rings. The number of nitrogens with zero attached hydrogens (tertiary/aromatic N) is 1.